The molecule has 0 heterocycles. The predicted molar refractivity (Wildman–Crippen MR) is 118 cm³/mol. The molecule has 0 aliphatic carbocycles. The number of nitrogens with zero attached hydrogens (tertiary/aromatic N) is 1. The van der Waals surface area contributed by atoms with Crippen LogP contribution in [0.5, 0.6) is 0 Å². The second-order valence-electron chi connectivity index (χ2n) is 6.40. The summed E-state index contributed by atoms with van der Waals surface area (Å²) in [5.41, 5.74) is 6.40. The van der Waals surface area contributed by atoms with Crippen LogP contribution in [0.2, 0.25) is 0 Å². The number of carboxylic acids is 2. The average Bonchev–Trinajstić information content (AvgIpc) is 2.73. The van der Waals surface area contributed by atoms with Crippen molar-refractivity contribution in [2.75, 3.05) is 18.8 Å². The van der Waals surface area contributed by atoms with Gasteiger partial charge in [0.1, 0.15) is 18.6 Å². The fraction of sp³-hybridized carbons (Fsp3) is 0.421. The van der Waals surface area contributed by atoms with Gasteiger partial charge in [0.15, 0.2) is 0 Å². The van der Waals surface area contributed by atoms with E-state index in [9.17, 15) is 19.2 Å². The molecule has 0 bridgehead atoms. The van der Waals surface area contributed by atoms with Crippen LogP contribution in [0.15, 0.2) is 34.2 Å². The highest BCUT2D eigenvalue weighted by atomic mass is 32.2. The number of amides is 2. The smallest absolute Gasteiger partial charge is 0.322 e. The summed E-state index contributed by atoms with van der Waals surface area (Å²) in [7, 11) is 0. The van der Waals surface area contributed by atoms with E-state index in [0.29, 0.717) is 13.0 Å². The van der Waals surface area contributed by atoms with Gasteiger partial charge in [-0.05, 0) is 42.8 Å². The molecule has 0 aliphatic heterocycles. The van der Waals surface area contributed by atoms with Crippen LogP contribution in [0.4, 0.5) is 0 Å². The van der Waals surface area contributed by atoms with Crippen LogP contribution in [0, 0.1) is 0 Å². The summed E-state index contributed by atoms with van der Waals surface area (Å²) in [6.07, 6.45) is 0.391. The molecule has 0 aliphatic rings. The Balaban J connectivity index is 2.75. The Kier molecular flexibility index (Phi) is 12.1. The Morgan fingerprint density at radius 3 is 2.65 bits per heavy atom. The van der Waals surface area contributed by atoms with Crippen molar-refractivity contribution in [2.24, 2.45) is 10.7 Å². The number of carbonyl (C=O) groups excluding carboxylic acids is 2. The van der Waals surface area contributed by atoms with Crippen LogP contribution >= 0.6 is 24.0 Å². The molecule has 0 aromatic heterocycles. The molecule has 12 heteroatoms. The van der Waals surface area contributed by atoms with E-state index in [1.165, 1.54) is 11.8 Å². The van der Waals surface area contributed by atoms with Gasteiger partial charge in [0.25, 0.3) is 0 Å². The number of carbonyl (C=O) groups is 4. The van der Waals surface area contributed by atoms with Crippen LogP contribution in [0.3, 0.4) is 0 Å². The standard InChI is InChI=1S/C19H24N4O6S2/c20-14(19(28)29)4-5-16(24)23-15(18(27)22-9-17(25)26)10-31-13-3-1-2-12(8-13)6-7-21-11-30/h1-3,8,14-15H,4-7,9-10,20H2,(H,22,27)(H,23,24)(H,25,26)(H,28,29)/t14-,15-/m0/s1. The zero-order valence-corrected chi connectivity index (χ0v) is 18.2. The first-order valence-corrected chi connectivity index (χ1v) is 10.6. The maximum Gasteiger partial charge on any atom is 0.322 e. The molecule has 2 amide bonds. The molecule has 0 saturated heterocycles. The monoisotopic (exact) mass is 468 g/mol. The summed E-state index contributed by atoms with van der Waals surface area (Å²) < 4.78 is 0. The molecule has 10 nitrogen and oxygen atoms in total. The quantitative estimate of drug-likeness (QED) is 0.146. The van der Waals surface area contributed by atoms with Gasteiger partial charge in [0.2, 0.25) is 11.8 Å². The van der Waals surface area contributed by atoms with Gasteiger partial charge >= 0.3 is 11.9 Å². The number of hydrogen-bond acceptors (Lipinski definition) is 8. The highest BCUT2D eigenvalue weighted by molar-refractivity contribution is 7.99. The first-order chi connectivity index (χ1) is 14.7. The number of aliphatic imine (C=N–C) groups is 1. The molecular formula is C19H24N4O6S2. The van der Waals surface area contributed by atoms with Gasteiger partial charge in [0, 0.05) is 17.1 Å². The highest BCUT2D eigenvalue weighted by Gasteiger charge is 2.22. The van der Waals surface area contributed by atoms with Crippen LogP contribution in [0.25, 0.3) is 0 Å². The SMILES string of the molecule is N[C@@H](CCC(=O)N[C@@H](CSc1cccc(CCN=C=S)c1)C(=O)NCC(=O)O)C(=O)O. The lowest BCUT2D eigenvalue weighted by Gasteiger charge is -2.18. The van der Waals surface area contributed by atoms with Crippen molar-refractivity contribution in [1.82, 2.24) is 10.6 Å². The van der Waals surface area contributed by atoms with E-state index < -0.39 is 42.4 Å². The minimum Gasteiger partial charge on any atom is -0.480 e. The van der Waals surface area contributed by atoms with Gasteiger partial charge in [-0.25, -0.2) is 4.99 Å². The third kappa shape index (κ3) is 11.2. The van der Waals surface area contributed by atoms with Crippen LogP contribution in [0.1, 0.15) is 18.4 Å². The molecule has 31 heavy (non-hydrogen) atoms. The third-order valence-corrected chi connectivity index (χ3v) is 5.17. The molecule has 0 radical (unpaired) electrons. The van der Waals surface area contributed by atoms with Crippen molar-refractivity contribution in [3.8, 4) is 0 Å². The summed E-state index contributed by atoms with van der Waals surface area (Å²) in [6, 6.07) is 5.34. The maximum absolute atomic E-state index is 12.3. The number of aliphatic carboxylic acids is 2. The van der Waals surface area contributed by atoms with Crippen molar-refractivity contribution < 1.29 is 29.4 Å². The molecule has 1 rings (SSSR count). The van der Waals surface area contributed by atoms with E-state index in [2.05, 4.69) is 33.0 Å². The molecule has 1 aromatic carbocycles. The Morgan fingerprint density at radius 1 is 1.26 bits per heavy atom. The summed E-state index contributed by atoms with van der Waals surface area (Å²) in [5, 5.41) is 24.6. The molecule has 1 aromatic rings. The second-order valence-corrected chi connectivity index (χ2v) is 7.67. The number of hydrogen-bond donors (Lipinski definition) is 5. The van der Waals surface area contributed by atoms with Gasteiger partial charge in [-0.1, -0.05) is 12.1 Å². The number of thiocarbonyl (C=S) groups is 1. The topological polar surface area (TPSA) is 171 Å². The lowest BCUT2D eigenvalue weighted by atomic mass is 10.1. The third-order valence-electron chi connectivity index (χ3n) is 3.96. The number of isothiocyanates is 1. The van der Waals surface area contributed by atoms with Gasteiger partial charge in [-0.3, -0.25) is 19.2 Å². The van der Waals surface area contributed by atoms with Crippen molar-refractivity contribution in [2.45, 2.75) is 36.2 Å². The molecule has 0 unspecified atom stereocenters. The van der Waals surface area contributed by atoms with E-state index in [1.807, 2.05) is 24.3 Å². The largest absolute Gasteiger partial charge is 0.480 e. The van der Waals surface area contributed by atoms with E-state index in [4.69, 9.17) is 15.9 Å². The van der Waals surface area contributed by atoms with Crippen LogP contribution in [-0.4, -0.2) is 70.1 Å². The second kappa shape index (κ2) is 14.3. The normalized spacial score (nSPS) is 12.2. The van der Waals surface area contributed by atoms with E-state index in [1.54, 1.807) is 0 Å². The van der Waals surface area contributed by atoms with E-state index in [-0.39, 0.29) is 18.6 Å². The summed E-state index contributed by atoms with van der Waals surface area (Å²) in [6.45, 7) is -0.0813. The van der Waals surface area contributed by atoms with Gasteiger partial charge in [-0.2, -0.15) is 0 Å². The summed E-state index contributed by atoms with van der Waals surface area (Å²) >= 11 is 5.85. The summed E-state index contributed by atoms with van der Waals surface area (Å²) in [5.74, 6) is -3.51. The zero-order valence-electron chi connectivity index (χ0n) is 16.6. The zero-order chi connectivity index (χ0) is 23.2. The highest BCUT2D eigenvalue weighted by Crippen LogP contribution is 2.20. The summed E-state index contributed by atoms with van der Waals surface area (Å²) in [4.78, 5) is 50.7. The molecule has 0 saturated carbocycles. The van der Waals surface area contributed by atoms with Gasteiger partial charge < -0.3 is 26.6 Å². The van der Waals surface area contributed by atoms with Crippen molar-refractivity contribution in [3.05, 3.63) is 29.8 Å². The average molecular weight is 469 g/mol. The molecule has 2 atom stereocenters. The van der Waals surface area contributed by atoms with E-state index in [0.717, 1.165) is 10.5 Å². The Labute approximate surface area is 188 Å². The lowest BCUT2D eigenvalue weighted by molar-refractivity contribution is -0.139. The Bertz CT molecular complexity index is 844. The van der Waals surface area contributed by atoms with E-state index >= 15 is 0 Å². The lowest BCUT2D eigenvalue weighted by Crippen LogP contribution is -2.49. The number of thioether (sulfide) groups is 1. The number of rotatable bonds is 14. The fourth-order valence-corrected chi connectivity index (χ4v) is 3.44. The molecular weight excluding hydrogens is 444 g/mol. The minimum atomic E-state index is -1.23. The van der Waals surface area contributed by atoms with Crippen molar-refractivity contribution in [3.63, 3.8) is 0 Å². The molecule has 0 spiro atoms. The molecule has 6 N–H and O–H groups in total. The van der Waals surface area contributed by atoms with Crippen LogP contribution < -0.4 is 16.4 Å². The fourth-order valence-electron chi connectivity index (χ4n) is 2.35. The first kappa shape index (κ1) is 26.2. The first-order valence-electron chi connectivity index (χ1n) is 9.25. The van der Waals surface area contributed by atoms with Crippen molar-refractivity contribution in [1.29, 1.82) is 0 Å². The van der Waals surface area contributed by atoms with Gasteiger partial charge in [-0.15, -0.1) is 11.8 Å². The molecule has 168 valence electrons. The van der Waals surface area contributed by atoms with Crippen molar-refractivity contribution >= 4 is 52.9 Å². The Morgan fingerprint density at radius 2 is 2.00 bits per heavy atom. The minimum absolute atomic E-state index is 0.0932. The number of carboxylic acid groups (broad SMARTS) is 2. The maximum atomic E-state index is 12.3. The number of nitrogens with one attached hydrogen (secondary N) is 2. The van der Waals surface area contributed by atoms with Gasteiger partial charge in [0.05, 0.1) is 11.7 Å². The Hall–Kier alpha value is -2.79. The predicted octanol–water partition coefficient (Wildman–Crippen LogP) is 0.302. The molecule has 0 fully saturated rings. The number of benzene rings is 1. The number of nitrogens with two attached hydrogens (primary N) is 1. The van der Waals surface area contributed by atoms with Crippen LogP contribution in [-0.2, 0) is 25.6 Å².